The number of unbranched alkanes of at least 4 members (excludes halogenated alkanes) is 3. The molecule has 0 radical (unpaired) electrons. The van der Waals surface area contributed by atoms with Crippen LogP contribution in [0, 0.1) is 0 Å². The Balaban J connectivity index is 3.76. The van der Waals surface area contributed by atoms with Crippen molar-refractivity contribution in [2.75, 3.05) is 6.54 Å². The molecule has 0 bridgehead atoms. The third-order valence-electron chi connectivity index (χ3n) is 2.77. The van der Waals surface area contributed by atoms with Gasteiger partial charge in [-0.1, -0.05) is 25.8 Å². The van der Waals surface area contributed by atoms with Crippen LogP contribution in [-0.4, -0.2) is 39.0 Å². The number of hydrogen-bond donors (Lipinski definition) is 4. The molecule has 1 unspecified atom stereocenters. The number of carbonyl (C=O) groups excluding carboxylic acids is 1. The van der Waals surface area contributed by atoms with E-state index in [4.69, 9.17) is 14.9 Å². The SMILES string of the molecule is C=C(C)C(=O)NCCCCCCC(C(=O)O)P(=O)(O)O. The quantitative estimate of drug-likeness (QED) is 0.274. The number of carboxylic acid groups (broad SMARTS) is 1. The molecule has 0 heterocycles. The first-order valence-corrected chi connectivity index (χ1v) is 8.06. The fourth-order valence-corrected chi connectivity index (χ4v) is 2.41. The summed E-state index contributed by atoms with van der Waals surface area (Å²) in [5.41, 5.74) is -1.18. The summed E-state index contributed by atoms with van der Waals surface area (Å²) in [6.45, 7) is 5.62. The van der Waals surface area contributed by atoms with Gasteiger partial charge in [0, 0.05) is 12.1 Å². The molecule has 116 valence electrons. The molecule has 1 atom stereocenters. The average Bonchev–Trinajstić information content (AvgIpc) is 2.29. The van der Waals surface area contributed by atoms with Gasteiger partial charge in [0.2, 0.25) is 5.91 Å². The van der Waals surface area contributed by atoms with Crippen LogP contribution in [0.5, 0.6) is 0 Å². The molecule has 0 aliphatic heterocycles. The second-order valence-electron chi connectivity index (χ2n) is 4.68. The lowest BCUT2D eigenvalue weighted by Crippen LogP contribution is -2.24. The molecule has 20 heavy (non-hydrogen) atoms. The summed E-state index contributed by atoms with van der Waals surface area (Å²) in [6, 6.07) is 0. The van der Waals surface area contributed by atoms with Crippen LogP contribution in [0.15, 0.2) is 12.2 Å². The molecule has 0 aliphatic carbocycles. The summed E-state index contributed by atoms with van der Waals surface area (Å²) in [7, 11) is -4.58. The number of rotatable bonds is 10. The first-order valence-electron chi connectivity index (χ1n) is 6.38. The van der Waals surface area contributed by atoms with E-state index in [1.165, 1.54) is 0 Å². The zero-order chi connectivity index (χ0) is 15.8. The van der Waals surface area contributed by atoms with Crippen LogP contribution < -0.4 is 5.32 Å². The van der Waals surface area contributed by atoms with Gasteiger partial charge in [0.05, 0.1) is 0 Å². The van der Waals surface area contributed by atoms with Crippen molar-refractivity contribution in [3.8, 4) is 0 Å². The third kappa shape index (κ3) is 8.09. The van der Waals surface area contributed by atoms with Crippen LogP contribution in [0.1, 0.15) is 39.0 Å². The van der Waals surface area contributed by atoms with E-state index < -0.39 is 19.2 Å². The first-order chi connectivity index (χ1) is 9.16. The molecular weight excluding hydrogens is 285 g/mol. The van der Waals surface area contributed by atoms with Crippen LogP contribution in [0.25, 0.3) is 0 Å². The molecule has 0 fully saturated rings. The molecule has 0 saturated heterocycles. The second-order valence-corrected chi connectivity index (χ2v) is 6.48. The highest BCUT2D eigenvalue weighted by Gasteiger charge is 2.34. The molecule has 0 saturated carbocycles. The highest BCUT2D eigenvalue weighted by molar-refractivity contribution is 7.53. The molecule has 0 aromatic rings. The van der Waals surface area contributed by atoms with Crippen LogP contribution in [0.4, 0.5) is 0 Å². The molecule has 0 aromatic carbocycles. The maximum absolute atomic E-state index is 11.1. The van der Waals surface area contributed by atoms with Crippen molar-refractivity contribution in [2.24, 2.45) is 0 Å². The highest BCUT2D eigenvalue weighted by atomic mass is 31.2. The molecule has 8 heteroatoms. The van der Waals surface area contributed by atoms with E-state index in [0.29, 0.717) is 25.0 Å². The normalized spacial score (nSPS) is 12.8. The lowest BCUT2D eigenvalue weighted by atomic mass is 10.1. The van der Waals surface area contributed by atoms with E-state index in [2.05, 4.69) is 11.9 Å². The molecule has 1 amide bonds. The minimum atomic E-state index is -4.58. The predicted molar refractivity (Wildman–Crippen MR) is 74.4 cm³/mol. The lowest BCUT2D eigenvalue weighted by molar-refractivity contribution is -0.137. The van der Waals surface area contributed by atoms with Crippen LogP contribution >= 0.6 is 7.60 Å². The number of amides is 1. The smallest absolute Gasteiger partial charge is 0.339 e. The largest absolute Gasteiger partial charge is 0.481 e. The number of hydrogen-bond acceptors (Lipinski definition) is 3. The van der Waals surface area contributed by atoms with Gasteiger partial charge >= 0.3 is 13.6 Å². The van der Waals surface area contributed by atoms with Gasteiger partial charge < -0.3 is 20.2 Å². The summed E-state index contributed by atoms with van der Waals surface area (Å²) >= 11 is 0. The molecule has 0 spiro atoms. The van der Waals surface area contributed by atoms with E-state index in [0.717, 1.165) is 12.8 Å². The zero-order valence-electron chi connectivity index (χ0n) is 11.5. The molecular formula is C12H22NO6P. The van der Waals surface area contributed by atoms with Gasteiger partial charge in [0.15, 0.2) is 5.66 Å². The fraction of sp³-hybridized carbons (Fsp3) is 0.667. The molecule has 0 aromatic heterocycles. The van der Waals surface area contributed by atoms with Crippen molar-refractivity contribution in [1.29, 1.82) is 0 Å². The maximum Gasteiger partial charge on any atom is 0.339 e. The number of carboxylic acids is 1. The van der Waals surface area contributed by atoms with Crippen LogP contribution in [0.3, 0.4) is 0 Å². The van der Waals surface area contributed by atoms with Gasteiger partial charge in [-0.05, 0) is 19.8 Å². The van der Waals surface area contributed by atoms with Crippen molar-refractivity contribution in [3.63, 3.8) is 0 Å². The van der Waals surface area contributed by atoms with Crippen molar-refractivity contribution >= 4 is 19.5 Å². The van der Waals surface area contributed by atoms with Crippen molar-refractivity contribution < 1.29 is 29.0 Å². The van der Waals surface area contributed by atoms with Crippen molar-refractivity contribution in [1.82, 2.24) is 5.32 Å². The maximum atomic E-state index is 11.1. The van der Waals surface area contributed by atoms with E-state index >= 15 is 0 Å². The van der Waals surface area contributed by atoms with Gasteiger partial charge in [-0.15, -0.1) is 0 Å². The topological polar surface area (TPSA) is 124 Å². The van der Waals surface area contributed by atoms with Gasteiger partial charge in [-0.2, -0.15) is 0 Å². The third-order valence-corrected chi connectivity index (χ3v) is 4.06. The van der Waals surface area contributed by atoms with Crippen molar-refractivity contribution in [3.05, 3.63) is 12.2 Å². The number of aliphatic carboxylic acids is 1. The van der Waals surface area contributed by atoms with Crippen LogP contribution in [-0.2, 0) is 14.2 Å². The van der Waals surface area contributed by atoms with Gasteiger partial charge in [-0.25, -0.2) is 0 Å². The summed E-state index contributed by atoms with van der Waals surface area (Å²) in [5.74, 6) is -1.66. The Morgan fingerprint density at radius 2 is 1.75 bits per heavy atom. The molecule has 4 N–H and O–H groups in total. The Bertz CT molecular complexity index is 403. The monoisotopic (exact) mass is 307 g/mol. The number of carbonyl (C=O) groups is 2. The molecule has 0 aliphatic rings. The molecule has 7 nitrogen and oxygen atoms in total. The van der Waals surface area contributed by atoms with Crippen LogP contribution in [0.2, 0.25) is 0 Å². The highest BCUT2D eigenvalue weighted by Crippen LogP contribution is 2.43. The van der Waals surface area contributed by atoms with E-state index in [9.17, 15) is 14.2 Å². The van der Waals surface area contributed by atoms with E-state index in [1.807, 2.05) is 0 Å². The van der Waals surface area contributed by atoms with Gasteiger partial charge in [0.1, 0.15) is 0 Å². The summed E-state index contributed by atoms with van der Waals surface area (Å²) in [4.78, 5) is 39.6. The Morgan fingerprint density at radius 1 is 1.20 bits per heavy atom. The van der Waals surface area contributed by atoms with Gasteiger partial charge in [0.25, 0.3) is 0 Å². The van der Waals surface area contributed by atoms with E-state index in [-0.39, 0.29) is 12.3 Å². The Hall–Kier alpha value is -1.17. The number of nitrogens with one attached hydrogen (secondary N) is 1. The zero-order valence-corrected chi connectivity index (χ0v) is 12.4. The van der Waals surface area contributed by atoms with E-state index in [1.54, 1.807) is 6.92 Å². The standard InChI is InChI=1S/C12H22NO6P/c1-9(2)11(14)13-8-6-4-3-5-7-10(12(15)16)20(17,18)19/h10H,1,3-8H2,2H3,(H,13,14)(H,15,16)(H2,17,18,19). The first kappa shape index (κ1) is 18.8. The fourth-order valence-electron chi connectivity index (χ4n) is 1.60. The van der Waals surface area contributed by atoms with Crippen molar-refractivity contribution in [2.45, 2.75) is 44.7 Å². The Labute approximate surface area is 118 Å². The van der Waals surface area contributed by atoms with Gasteiger partial charge in [-0.3, -0.25) is 14.2 Å². The lowest BCUT2D eigenvalue weighted by Gasteiger charge is -2.13. The summed E-state index contributed by atoms with van der Waals surface area (Å²) in [5, 5.41) is 11.4. The minimum Gasteiger partial charge on any atom is -0.481 e. The predicted octanol–water partition coefficient (Wildman–Crippen LogP) is 1.26. The summed E-state index contributed by atoms with van der Waals surface area (Å²) in [6.07, 6.45) is 2.53. The molecule has 0 rings (SSSR count). The minimum absolute atomic E-state index is 0.0439. The Kier molecular flexibility index (Phi) is 8.37. The summed E-state index contributed by atoms with van der Waals surface area (Å²) < 4.78 is 10.9. The Morgan fingerprint density at radius 3 is 2.20 bits per heavy atom. The second kappa shape index (κ2) is 8.89. The average molecular weight is 307 g/mol.